The van der Waals surface area contributed by atoms with Gasteiger partial charge >= 0.3 is 0 Å². The summed E-state index contributed by atoms with van der Waals surface area (Å²) in [6.07, 6.45) is 1.53. The van der Waals surface area contributed by atoms with Gasteiger partial charge in [0.15, 0.2) is 0 Å². The number of Topliss-reactive ketones (excluding diaryl/α,β-unsaturated/α-hetero) is 1. The number of aliphatic hydroxyl groups excluding tert-OH is 1. The van der Waals surface area contributed by atoms with E-state index in [2.05, 4.69) is 20.8 Å². The molecule has 0 saturated carbocycles. The molecule has 1 fully saturated rings. The molecule has 1 unspecified atom stereocenters. The van der Waals surface area contributed by atoms with Gasteiger partial charge in [-0.25, -0.2) is 0 Å². The maximum atomic E-state index is 13.2. The fraction of sp³-hybridized carbons (Fsp3) is 0.286. The van der Waals surface area contributed by atoms with Crippen LogP contribution in [0.1, 0.15) is 56.2 Å². The van der Waals surface area contributed by atoms with Crippen LogP contribution in [0.4, 0.5) is 0 Å². The minimum absolute atomic E-state index is 0.0474. The number of furan rings is 1. The topological polar surface area (TPSA) is 80.0 Å². The highest BCUT2D eigenvalue weighted by Gasteiger charge is 2.46. The summed E-state index contributed by atoms with van der Waals surface area (Å²) < 4.78 is 11.0. The molecular formula is C28H29NO5. The molecule has 4 rings (SSSR count). The molecule has 1 aliphatic heterocycles. The minimum atomic E-state index is -0.755. The van der Waals surface area contributed by atoms with Crippen LogP contribution < -0.4 is 4.74 Å². The van der Waals surface area contributed by atoms with Gasteiger partial charge < -0.3 is 19.2 Å². The first-order valence-corrected chi connectivity index (χ1v) is 11.3. The third-order valence-electron chi connectivity index (χ3n) is 5.96. The van der Waals surface area contributed by atoms with Crippen LogP contribution in [0.25, 0.3) is 5.76 Å². The zero-order chi connectivity index (χ0) is 24.5. The van der Waals surface area contributed by atoms with Crippen LogP contribution in [0.5, 0.6) is 5.75 Å². The van der Waals surface area contributed by atoms with Crippen molar-refractivity contribution in [3.05, 3.63) is 95.0 Å². The van der Waals surface area contributed by atoms with Gasteiger partial charge in [-0.15, -0.1) is 0 Å². The van der Waals surface area contributed by atoms with Crippen LogP contribution in [-0.4, -0.2) is 28.3 Å². The van der Waals surface area contributed by atoms with Gasteiger partial charge in [0.25, 0.3) is 11.7 Å². The molecule has 0 aliphatic carbocycles. The van der Waals surface area contributed by atoms with E-state index in [1.54, 1.807) is 36.4 Å². The summed E-state index contributed by atoms with van der Waals surface area (Å²) in [5.74, 6) is -0.509. The molecule has 6 heteroatoms. The van der Waals surface area contributed by atoms with Crippen molar-refractivity contribution in [2.75, 3.05) is 6.61 Å². The predicted molar refractivity (Wildman–Crippen MR) is 129 cm³/mol. The number of ether oxygens (including phenoxy) is 1. The van der Waals surface area contributed by atoms with E-state index < -0.39 is 17.7 Å². The summed E-state index contributed by atoms with van der Waals surface area (Å²) in [5.41, 5.74) is 2.28. The standard InChI is InChI=1S/C28H29NO5/c1-5-33-21-9-6-8-19(16-21)25(30)23-24(18-11-13-20(14-12-18)28(2,3)4)29(27(32)26(23)31)17-22-10-7-15-34-22/h6-16,24,30H,5,17H2,1-4H3/b25-23+. The second-order valence-electron chi connectivity index (χ2n) is 9.34. The highest BCUT2D eigenvalue weighted by atomic mass is 16.5. The number of amides is 1. The molecule has 1 atom stereocenters. The first kappa shape index (κ1) is 23.4. The van der Waals surface area contributed by atoms with Crippen molar-refractivity contribution in [1.29, 1.82) is 0 Å². The Labute approximate surface area is 199 Å². The molecule has 6 nitrogen and oxygen atoms in total. The third-order valence-corrected chi connectivity index (χ3v) is 5.96. The molecule has 1 N–H and O–H groups in total. The van der Waals surface area contributed by atoms with Crippen LogP contribution in [0, 0.1) is 0 Å². The normalized spacial score (nSPS) is 17.9. The van der Waals surface area contributed by atoms with E-state index in [1.165, 1.54) is 11.2 Å². The van der Waals surface area contributed by atoms with Gasteiger partial charge in [-0.3, -0.25) is 9.59 Å². The van der Waals surface area contributed by atoms with E-state index in [9.17, 15) is 14.7 Å². The van der Waals surface area contributed by atoms with Crippen molar-refractivity contribution in [2.45, 2.75) is 45.7 Å². The van der Waals surface area contributed by atoms with Gasteiger partial charge in [-0.1, -0.05) is 57.2 Å². The van der Waals surface area contributed by atoms with Crippen molar-refractivity contribution in [2.24, 2.45) is 0 Å². The maximum absolute atomic E-state index is 13.2. The Morgan fingerprint density at radius 3 is 2.41 bits per heavy atom. The van der Waals surface area contributed by atoms with Crippen molar-refractivity contribution < 1.29 is 23.8 Å². The summed E-state index contributed by atoms with van der Waals surface area (Å²) in [6, 6.07) is 17.4. The lowest BCUT2D eigenvalue weighted by Gasteiger charge is -2.26. The SMILES string of the molecule is CCOc1cccc(/C(O)=C2\C(=O)C(=O)N(Cc3ccco3)C2c2ccc(C(C)(C)C)cc2)c1. The lowest BCUT2D eigenvalue weighted by molar-refractivity contribution is -0.140. The lowest BCUT2D eigenvalue weighted by Crippen LogP contribution is -2.29. The van der Waals surface area contributed by atoms with Crippen molar-refractivity contribution in [1.82, 2.24) is 4.90 Å². The molecule has 3 aromatic rings. The number of aliphatic hydroxyl groups is 1. The number of nitrogens with zero attached hydrogens (tertiary/aromatic N) is 1. The zero-order valence-electron chi connectivity index (χ0n) is 19.9. The molecule has 0 spiro atoms. The Morgan fingerprint density at radius 1 is 1.06 bits per heavy atom. The Morgan fingerprint density at radius 2 is 1.79 bits per heavy atom. The highest BCUT2D eigenvalue weighted by Crippen LogP contribution is 2.41. The predicted octanol–water partition coefficient (Wildman–Crippen LogP) is 5.60. The molecule has 2 aromatic carbocycles. The quantitative estimate of drug-likeness (QED) is 0.295. The molecule has 176 valence electrons. The maximum Gasteiger partial charge on any atom is 0.296 e. The second kappa shape index (κ2) is 9.21. The first-order valence-electron chi connectivity index (χ1n) is 11.3. The van der Waals surface area contributed by atoms with Gasteiger partial charge in [0.2, 0.25) is 0 Å². The van der Waals surface area contributed by atoms with E-state index >= 15 is 0 Å². The zero-order valence-corrected chi connectivity index (χ0v) is 19.9. The average Bonchev–Trinajstić information content (AvgIpc) is 3.41. The Kier molecular flexibility index (Phi) is 6.33. The summed E-state index contributed by atoms with van der Waals surface area (Å²) in [6.45, 7) is 8.81. The third kappa shape index (κ3) is 4.49. The number of carbonyl (C=O) groups is 2. The number of rotatable bonds is 6. The van der Waals surface area contributed by atoms with Gasteiger partial charge in [-0.2, -0.15) is 0 Å². The summed E-state index contributed by atoms with van der Waals surface area (Å²) in [5, 5.41) is 11.3. The fourth-order valence-electron chi connectivity index (χ4n) is 4.18. The molecule has 1 aromatic heterocycles. The number of carbonyl (C=O) groups excluding carboxylic acids is 2. The summed E-state index contributed by atoms with van der Waals surface area (Å²) in [7, 11) is 0. The number of benzene rings is 2. The molecule has 1 aliphatic rings. The van der Waals surface area contributed by atoms with Crippen LogP contribution >= 0.6 is 0 Å². The van der Waals surface area contributed by atoms with Gasteiger partial charge in [0.1, 0.15) is 17.3 Å². The average molecular weight is 460 g/mol. The summed E-state index contributed by atoms with van der Waals surface area (Å²) >= 11 is 0. The Balaban J connectivity index is 1.84. The second-order valence-corrected chi connectivity index (χ2v) is 9.34. The number of likely N-dealkylation sites (tertiary alicyclic amines) is 1. The Bertz CT molecular complexity index is 1220. The number of ketones is 1. The van der Waals surface area contributed by atoms with Crippen LogP contribution in [0.3, 0.4) is 0 Å². The minimum Gasteiger partial charge on any atom is -0.507 e. The van der Waals surface area contributed by atoms with Crippen molar-refractivity contribution >= 4 is 17.4 Å². The highest BCUT2D eigenvalue weighted by molar-refractivity contribution is 6.46. The molecule has 0 bridgehead atoms. The lowest BCUT2D eigenvalue weighted by atomic mass is 9.85. The van der Waals surface area contributed by atoms with Crippen molar-refractivity contribution in [3.63, 3.8) is 0 Å². The van der Waals surface area contributed by atoms with Gasteiger partial charge in [-0.05, 0) is 47.7 Å². The van der Waals surface area contributed by atoms with Crippen LogP contribution in [0.15, 0.2) is 76.9 Å². The number of hydrogen-bond acceptors (Lipinski definition) is 5. The van der Waals surface area contributed by atoms with E-state index in [4.69, 9.17) is 9.15 Å². The van der Waals surface area contributed by atoms with E-state index in [0.717, 1.165) is 11.1 Å². The monoisotopic (exact) mass is 459 g/mol. The molecule has 1 amide bonds. The summed E-state index contributed by atoms with van der Waals surface area (Å²) in [4.78, 5) is 27.8. The largest absolute Gasteiger partial charge is 0.507 e. The van der Waals surface area contributed by atoms with E-state index in [-0.39, 0.29) is 23.3 Å². The molecule has 2 heterocycles. The van der Waals surface area contributed by atoms with Gasteiger partial charge in [0, 0.05) is 5.56 Å². The molecule has 1 saturated heterocycles. The first-order chi connectivity index (χ1) is 16.2. The fourth-order valence-corrected chi connectivity index (χ4v) is 4.18. The molecular weight excluding hydrogens is 430 g/mol. The van der Waals surface area contributed by atoms with Crippen LogP contribution in [0.2, 0.25) is 0 Å². The van der Waals surface area contributed by atoms with Crippen molar-refractivity contribution in [3.8, 4) is 5.75 Å². The smallest absolute Gasteiger partial charge is 0.296 e. The molecule has 34 heavy (non-hydrogen) atoms. The number of hydrogen-bond donors (Lipinski definition) is 1. The van der Waals surface area contributed by atoms with E-state index in [0.29, 0.717) is 23.7 Å². The van der Waals surface area contributed by atoms with Gasteiger partial charge in [0.05, 0.1) is 31.0 Å². The van der Waals surface area contributed by atoms with E-state index in [1.807, 2.05) is 31.2 Å². The molecule has 0 radical (unpaired) electrons. The Hall–Kier alpha value is -3.80. The van der Waals surface area contributed by atoms with Crippen LogP contribution in [-0.2, 0) is 21.5 Å².